The number of sulfone groups is 1. The highest BCUT2D eigenvalue weighted by atomic mass is 32.2. The van der Waals surface area contributed by atoms with Gasteiger partial charge in [0.2, 0.25) is 0 Å². The van der Waals surface area contributed by atoms with Crippen molar-refractivity contribution in [1.29, 1.82) is 0 Å². The van der Waals surface area contributed by atoms with Crippen LogP contribution in [0, 0.1) is 0 Å². The summed E-state index contributed by atoms with van der Waals surface area (Å²) in [6, 6.07) is -0.357. The first-order valence-electron chi connectivity index (χ1n) is 6.24. The summed E-state index contributed by atoms with van der Waals surface area (Å²) in [5, 5.41) is 7.04. The molecule has 0 aromatic carbocycles. The number of rotatable bonds is 5. The van der Waals surface area contributed by atoms with E-state index in [1.54, 1.807) is 6.92 Å². The van der Waals surface area contributed by atoms with Gasteiger partial charge in [-0.1, -0.05) is 6.08 Å². The van der Waals surface area contributed by atoms with Crippen LogP contribution in [0.4, 0.5) is 0 Å². The third kappa shape index (κ3) is 4.93. The summed E-state index contributed by atoms with van der Waals surface area (Å²) in [6.07, 6.45) is 3.79. The summed E-state index contributed by atoms with van der Waals surface area (Å²) in [5.74, 6) is -0.192. The van der Waals surface area contributed by atoms with Crippen LogP contribution in [0.3, 0.4) is 0 Å². The number of nitrogens with one attached hydrogen (secondary N) is 2. The zero-order valence-corrected chi connectivity index (χ0v) is 12.4. The van der Waals surface area contributed by atoms with Gasteiger partial charge in [0, 0.05) is 24.8 Å². The highest BCUT2D eigenvalue weighted by molar-refractivity contribution is 7.93. The summed E-state index contributed by atoms with van der Waals surface area (Å²) in [7, 11) is -1.64. The highest BCUT2D eigenvalue weighted by Crippen LogP contribution is 2.22. The zero-order valence-electron chi connectivity index (χ0n) is 11.6. The van der Waals surface area contributed by atoms with E-state index in [0.29, 0.717) is 12.8 Å². The predicted molar refractivity (Wildman–Crippen MR) is 73.4 cm³/mol. The Morgan fingerprint density at radius 3 is 2.47 bits per heavy atom. The van der Waals surface area contributed by atoms with E-state index in [-0.39, 0.29) is 11.9 Å². The minimum absolute atomic E-state index is 0.192. The standard InChI is InChI=1S/C12H22N2O4S/c1-10(4-9-19(3,16)17)14-11(15)12(18-2)5-7-13-8-6-12/h4,9-10,13H,5-8H2,1-3H3,(H,14,15)/b9-4-/t10-/m1/s1. The van der Waals surface area contributed by atoms with Gasteiger partial charge in [-0.05, 0) is 32.9 Å². The Labute approximate surface area is 114 Å². The lowest BCUT2D eigenvalue weighted by atomic mass is 9.91. The number of methoxy groups -OCH3 is 1. The van der Waals surface area contributed by atoms with Gasteiger partial charge in [0.25, 0.3) is 5.91 Å². The van der Waals surface area contributed by atoms with Crippen molar-refractivity contribution in [3.63, 3.8) is 0 Å². The van der Waals surface area contributed by atoms with Crippen LogP contribution in [0.5, 0.6) is 0 Å². The summed E-state index contributed by atoms with van der Waals surface area (Å²) in [5.41, 5.74) is -0.807. The third-order valence-electron chi connectivity index (χ3n) is 3.19. The molecule has 0 spiro atoms. The molecule has 19 heavy (non-hydrogen) atoms. The number of carbonyl (C=O) groups is 1. The van der Waals surface area contributed by atoms with Crippen LogP contribution in [0.1, 0.15) is 19.8 Å². The molecule has 1 amide bonds. The van der Waals surface area contributed by atoms with E-state index in [9.17, 15) is 13.2 Å². The van der Waals surface area contributed by atoms with Crippen molar-refractivity contribution in [1.82, 2.24) is 10.6 Å². The lowest BCUT2D eigenvalue weighted by Gasteiger charge is -2.35. The first-order valence-corrected chi connectivity index (χ1v) is 8.20. The number of piperidine rings is 1. The van der Waals surface area contributed by atoms with Crippen LogP contribution in [-0.4, -0.2) is 52.4 Å². The molecule has 0 bridgehead atoms. The van der Waals surface area contributed by atoms with E-state index < -0.39 is 15.4 Å². The maximum Gasteiger partial charge on any atom is 0.252 e. The van der Waals surface area contributed by atoms with E-state index in [0.717, 1.165) is 24.8 Å². The van der Waals surface area contributed by atoms with Crippen LogP contribution in [0.15, 0.2) is 11.5 Å². The molecule has 0 aromatic heterocycles. The van der Waals surface area contributed by atoms with E-state index in [1.165, 1.54) is 13.2 Å². The fraction of sp³-hybridized carbons (Fsp3) is 0.750. The second-order valence-electron chi connectivity index (χ2n) is 4.87. The Kier molecular flexibility index (Phi) is 5.51. The number of ether oxygens (including phenoxy) is 1. The van der Waals surface area contributed by atoms with Crippen LogP contribution >= 0.6 is 0 Å². The summed E-state index contributed by atoms with van der Waals surface area (Å²) in [4.78, 5) is 12.2. The van der Waals surface area contributed by atoms with Crippen molar-refractivity contribution in [3.8, 4) is 0 Å². The summed E-state index contributed by atoms with van der Waals surface area (Å²) in [6.45, 7) is 3.19. The number of amides is 1. The predicted octanol–water partition coefficient (Wildman–Crippen LogP) is -0.182. The average molecular weight is 290 g/mol. The topological polar surface area (TPSA) is 84.5 Å². The molecule has 0 radical (unpaired) electrons. The molecule has 1 atom stereocenters. The first kappa shape index (κ1) is 16.1. The van der Waals surface area contributed by atoms with Gasteiger partial charge in [0.15, 0.2) is 9.84 Å². The molecule has 1 fully saturated rings. The maximum absolute atomic E-state index is 12.2. The van der Waals surface area contributed by atoms with E-state index >= 15 is 0 Å². The molecular formula is C12H22N2O4S. The van der Waals surface area contributed by atoms with Crippen LogP contribution in [-0.2, 0) is 19.4 Å². The van der Waals surface area contributed by atoms with Gasteiger partial charge in [0.05, 0.1) is 0 Å². The van der Waals surface area contributed by atoms with Crippen molar-refractivity contribution in [2.24, 2.45) is 0 Å². The van der Waals surface area contributed by atoms with Gasteiger partial charge in [0.1, 0.15) is 5.60 Å². The van der Waals surface area contributed by atoms with Crippen LogP contribution in [0.25, 0.3) is 0 Å². The molecule has 1 heterocycles. The highest BCUT2D eigenvalue weighted by Gasteiger charge is 2.39. The van der Waals surface area contributed by atoms with Gasteiger partial charge in [-0.15, -0.1) is 0 Å². The monoisotopic (exact) mass is 290 g/mol. The molecule has 2 N–H and O–H groups in total. The van der Waals surface area contributed by atoms with Gasteiger partial charge in [-0.25, -0.2) is 8.42 Å². The van der Waals surface area contributed by atoms with E-state index in [1.807, 2.05) is 0 Å². The Balaban J connectivity index is 2.65. The summed E-state index contributed by atoms with van der Waals surface area (Å²) < 4.78 is 27.4. The minimum Gasteiger partial charge on any atom is -0.368 e. The molecular weight excluding hydrogens is 268 g/mol. The zero-order chi connectivity index (χ0) is 14.5. The second-order valence-corrected chi connectivity index (χ2v) is 6.80. The quantitative estimate of drug-likeness (QED) is 0.733. The Bertz CT molecular complexity index is 439. The molecule has 1 aliphatic heterocycles. The second kappa shape index (κ2) is 6.49. The lowest BCUT2D eigenvalue weighted by molar-refractivity contribution is -0.147. The fourth-order valence-electron chi connectivity index (χ4n) is 2.00. The fourth-order valence-corrected chi connectivity index (χ4v) is 2.52. The molecule has 7 heteroatoms. The largest absolute Gasteiger partial charge is 0.368 e. The maximum atomic E-state index is 12.2. The SMILES string of the molecule is COC1(C(=O)N[C@H](C)/C=C\S(C)(=O)=O)CCNCC1. The van der Waals surface area contributed by atoms with E-state index in [4.69, 9.17) is 4.74 Å². The molecule has 1 saturated heterocycles. The van der Waals surface area contributed by atoms with E-state index in [2.05, 4.69) is 10.6 Å². The van der Waals surface area contributed by atoms with Gasteiger partial charge in [-0.3, -0.25) is 4.79 Å². The third-order valence-corrected chi connectivity index (χ3v) is 3.84. The Hall–Kier alpha value is -0.920. The van der Waals surface area contributed by atoms with Crippen LogP contribution in [0.2, 0.25) is 0 Å². The van der Waals surface area contributed by atoms with Crippen molar-refractivity contribution >= 4 is 15.7 Å². The number of carbonyl (C=O) groups excluding carboxylic acids is 1. The number of hydrogen-bond donors (Lipinski definition) is 2. The van der Waals surface area contributed by atoms with Gasteiger partial charge >= 0.3 is 0 Å². The normalized spacial score (nSPS) is 21.2. The Morgan fingerprint density at radius 2 is 2.00 bits per heavy atom. The van der Waals surface area contributed by atoms with Crippen molar-refractivity contribution < 1.29 is 17.9 Å². The smallest absolute Gasteiger partial charge is 0.252 e. The Morgan fingerprint density at radius 1 is 1.42 bits per heavy atom. The van der Waals surface area contributed by atoms with Crippen molar-refractivity contribution in [2.75, 3.05) is 26.5 Å². The molecule has 0 aliphatic carbocycles. The molecule has 0 saturated carbocycles. The molecule has 1 aliphatic rings. The minimum atomic E-state index is -3.17. The molecule has 1 rings (SSSR count). The average Bonchev–Trinajstić information content (AvgIpc) is 2.36. The van der Waals surface area contributed by atoms with Gasteiger partial charge in [-0.2, -0.15) is 0 Å². The molecule has 6 nitrogen and oxygen atoms in total. The van der Waals surface area contributed by atoms with Crippen LogP contribution < -0.4 is 10.6 Å². The van der Waals surface area contributed by atoms with Crippen molar-refractivity contribution in [2.45, 2.75) is 31.4 Å². The van der Waals surface area contributed by atoms with Crippen molar-refractivity contribution in [3.05, 3.63) is 11.5 Å². The molecule has 0 aromatic rings. The molecule has 0 unspecified atom stereocenters. The first-order chi connectivity index (χ1) is 8.79. The molecule has 110 valence electrons. The number of hydrogen-bond acceptors (Lipinski definition) is 5. The summed E-state index contributed by atoms with van der Waals surface area (Å²) >= 11 is 0. The van der Waals surface area contributed by atoms with Gasteiger partial charge < -0.3 is 15.4 Å². The lowest BCUT2D eigenvalue weighted by Crippen LogP contribution is -2.55.